The highest BCUT2D eigenvalue weighted by Gasteiger charge is 2.35. The van der Waals surface area contributed by atoms with Gasteiger partial charge in [-0.15, -0.1) is 0 Å². The van der Waals surface area contributed by atoms with Crippen LogP contribution in [0, 0.1) is 5.82 Å². The van der Waals surface area contributed by atoms with Crippen LogP contribution in [0.3, 0.4) is 0 Å². The molecule has 0 spiro atoms. The van der Waals surface area contributed by atoms with Crippen molar-refractivity contribution in [3.8, 4) is 22.5 Å². The first-order valence-electron chi connectivity index (χ1n) is 9.60. The minimum Gasteiger partial charge on any atom is -0.478 e. The summed E-state index contributed by atoms with van der Waals surface area (Å²) in [5.74, 6) is -2.42. The minimum absolute atomic E-state index is 0.00793. The number of nitrogens with zero attached hydrogens (tertiary/aromatic N) is 3. The van der Waals surface area contributed by atoms with Crippen LogP contribution in [0.1, 0.15) is 15.9 Å². The summed E-state index contributed by atoms with van der Waals surface area (Å²) in [5, 5.41) is 16.1. The highest BCUT2D eigenvalue weighted by molar-refractivity contribution is 5.91. The summed E-state index contributed by atoms with van der Waals surface area (Å²) >= 11 is 0. The van der Waals surface area contributed by atoms with Crippen LogP contribution in [-0.2, 0) is 13.2 Å². The first-order chi connectivity index (χ1) is 15.6. The molecular formula is C23H16F4N4O2. The van der Waals surface area contributed by atoms with Gasteiger partial charge in [0, 0.05) is 30.6 Å². The molecule has 4 aromatic rings. The zero-order chi connectivity index (χ0) is 23.8. The van der Waals surface area contributed by atoms with E-state index in [1.807, 2.05) is 0 Å². The van der Waals surface area contributed by atoms with E-state index >= 15 is 0 Å². The zero-order valence-corrected chi connectivity index (χ0v) is 17.1. The molecular weight excluding hydrogens is 440 g/mol. The largest absolute Gasteiger partial charge is 0.478 e. The van der Waals surface area contributed by atoms with Gasteiger partial charge in [0.25, 0.3) is 0 Å². The lowest BCUT2D eigenvalue weighted by atomic mass is 10.0. The first kappa shape index (κ1) is 22.0. The standard InChI is InChI=1S/C23H16F4N4O2/c1-31-8-7-18(30-31)15-10-19(17(24)11-16(15)23(25,26)27)29-20-9-14(22(32)33)12-28-21(20)13-5-3-2-4-6-13/h2-12,29H,1H3,(H,32,33). The van der Waals surface area contributed by atoms with Crippen molar-refractivity contribution in [2.75, 3.05) is 5.32 Å². The maximum Gasteiger partial charge on any atom is 0.417 e. The molecule has 0 unspecified atom stereocenters. The third kappa shape index (κ3) is 4.54. The van der Waals surface area contributed by atoms with Gasteiger partial charge in [0.1, 0.15) is 5.82 Å². The molecule has 0 saturated heterocycles. The van der Waals surface area contributed by atoms with Crippen molar-refractivity contribution < 1.29 is 27.5 Å². The highest BCUT2D eigenvalue weighted by atomic mass is 19.4. The van der Waals surface area contributed by atoms with Gasteiger partial charge in [-0.25, -0.2) is 9.18 Å². The number of benzene rings is 2. The van der Waals surface area contributed by atoms with Crippen molar-refractivity contribution in [1.82, 2.24) is 14.8 Å². The van der Waals surface area contributed by atoms with E-state index < -0.39 is 23.5 Å². The van der Waals surface area contributed by atoms with Crippen molar-refractivity contribution in [3.63, 3.8) is 0 Å². The Hall–Kier alpha value is -4.21. The van der Waals surface area contributed by atoms with Crippen LogP contribution in [0.2, 0.25) is 0 Å². The van der Waals surface area contributed by atoms with Crippen LogP contribution in [0.15, 0.2) is 67.0 Å². The molecule has 2 N–H and O–H groups in total. The Balaban J connectivity index is 1.87. The van der Waals surface area contributed by atoms with Crippen molar-refractivity contribution in [3.05, 3.63) is 83.9 Å². The third-order valence-electron chi connectivity index (χ3n) is 4.85. The topological polar surface area (TPSA) is 80.0 Å². The number of aryl methyl sites for hydroxylation is 1. The summed E-state index contributed by atoms with van der Waals surface area (Å²) < 4.78 is 57.0. The molecule has 0 bridgehead atoms. The van der Waals surface area contributed by atoms with Gasteiger partial charge in [-0.1, -0.05) is 30.3 Å². The number of rotatable bonds is 5. The van der Waals surface area contributed by atoms with Crippen molar-refractivity contribution in [1.29, 1.82) is 0 Å². The van der Waals surface area contributed by atoms with E-state index in [2.05, 4.69) is 15.4 Å². The molecule has 0 saturated carbocycles. The lowest BCUT2D eigenvalue weighted by Gasteiger charge is -2.17. The number of carboxylic acids is 1. The summed E-state index contributed by atoms with van der Waals surface area (Å²) in [6, 6.07) is 12.7. The fourth-order valence-corrected chi connectivity index (χ4v) is 3.32. The Morgan fingerprint density at radius 2 is 1.79 bits per heavy atom. The average molecular weight is 456 g/mol. The molecule has 2 aromatic carbocycles. The Morgan fingerprint density at radius 1 is 1.06 bits per heavy atom. The van der Waals surface area contributed by atoms with Crippen LogP contribution >= 0.6 is 0 Å². The highest BCUT2D eigenvalue weighted by Crippen LogP contribution is 2.40. The van der Waals surface area contributed by atoms with Gasteiger partial charge in [-0.3, -0.25) is 9.67 Å². The molecule has 33 heavy (non-hydrogen) atoms. The average Bonchev–Trinajstić information content (AvgIpc) is 3.21. The number of aromatic nitrogens is 3. The number of hydrogen-bond donors (Lipinski definition) is 2. The van der Waals surface area contributed by atoms with Gasteiger partial charge in [0.15, 0.2) is 0 Å². The van der Waals surface area contributed by atoms with Gasteiger partial charge in [0.05, 0.1) is 33.9 Å². The smallest absolute Gasteiger partial charge is 0.417 e. The van der Waals surface area contributed by atoms with E-state index in [0.717, 1.165) is 12.3 Å². The van der Waals surface area contributed by atoms with Gasteiger partial charge in [-0.05, 0) is 24.3 Å². The van der Waals surface area contributed by atoms with Crippen LogP contribution in [0.5, 0.6) is 0 Å². The van der Waals surface area contributed by atoms with Gasteiger partial charge < -0.3 is 10.4 Å². The maximum absolute atomic E-state index is 14.8. The summed E-state index contributed by atoms with van der Waals surface area (Å²) in [6.45, 7) is 0. The van der Waals surface area contributed by atoms with Crippen LogP contribution in [-0.4, -0.2) is 25.8 Å². The second-order valence-corrected chi connectivity index (χ2v) is 7.17. The van der Waals surface area contributed by atoms with Gasteiger partial charge >= 0.3 is 12.1 Å². The van der Waals surface area contributed by atoms with Crippen LogP contribution in [0.4, 0.5) is 28.9 Å². The molecule has 0 atom stereocenters. The van der Waals surface area contributed by atoms with E-state index in [0.29, 0.717) is 17.3 Å². The molecule has 2 heterocycles. The van der Waals surface area contributed by atoms with Gasteiger partial charge in [-0.2, -0.15) is 18.3 Å². The molecule has 168 valence electrons. The number of aromatic carboxylic acids is 1. The lowest BCUT2D eigenvalue weighted by molar-refractivity contribution is -0.137. The van der Waals surface area contributed by atoms with Crippen LogP contribution < -0.4 is 5.32 Å². The molecule has 4 rings (SSSR count). The normalized spacial score (nSPS) is 11.4. The summed E-state index contributed by atoms with van der Waals surface area (Å²) in [4.78, 5) is 15.6. The molecule has 10 heteroatoms. The van der Waals surface area contributed by atoms with Crippen molar-refractivity contribution in [2.45, 2.75) is 6.18 Å². The third-order valence-corrected chi connectivity index (χ3v) is 4.85. The maximum atomic E-state index is 14.8. The first-order valence-corrected chi connectivity index (χ1v) is 9.60. The predicted molar refractivity (Wildman–Crippen MR) is 114 cm³/mol. The molecule has 2 aromatic heterocycles. The van der Waals surface area contributed by atoms with Crippen LogP contribution in [0.25, 0.3) is 22.5 Å². The molecule has 0 radical (unpaired) electrons. The SMILES string of the molecule is Cn1ccc(-c2cc(Nc3cc(C(=O)O)cnc3-c3ccccc3)c(F)cc2C(F)(F)F)n1. The number of halogens is 4. The van der Waals surface area contributed by atoms with E-state index in [-0.39, 0.29) is 28.2 Å². The molecule has 0 aliphatic rings. The fraction of sp³-hybridized carbons (Fsp3) is 0.0870. The number of anilines is 2. The predicted octanol–water partition coefficient (Wildman–Crippen LogP) is 5.75. The number of alkyl halides is 3. The van der Waals surface area contributed by atoms with Crippen molar-refractivity contribution >= 4 is 17.3 Å². The number of carbonyl (C=O) groups is 1. The summed E-state index contributed by atoms with van der Waals surface area (Å²) in [6.07, 6.45) is -2.19. The molecule has 0 aliphatic heterocycles. The van der Waals surface area contributed by atoms with Gasteiger partial charge in [0.2, 0.25) is 0 Å². The Morgan fingerprint density at radius 3 is 2.39 bits per heavy atom. The Labute approximate surface area is 185 Å². The molecule has 0 amide bonds. The lowest BCUT2D eigenvalue weighted by Crippen LogP contribution is -2.10. The van der Waals surface area contributed by atoms with E-state index in [9.17, 15) is 27.5 Å². The minimum atomic E-state index is -4.81. The second kappa shape index (κ2) is 8.38. The second-order valence-electron chi connectivity index (χ2n) is 7.17. The number of carboxylic acid groups (broad SMARTS) is 1. The quantitative estimate of drug-likeness (QED) is 0.374. The Kier molecular flexibility index (Phi) is 5.59. The van der Waals surface area contributed by atoms with Crippen molar-refractivity contribution in [2.24, 2.45) is 7.05 Å². The van der Waals surface area contributed by atoms with E-state index in [1.54, 1.807) is 37.4 Å². The fourth-order valence-electron chi connectivity index (χ4n) is 3.32. The summed E-state index contributed by atoms with van der Waals surface area (Å²) in [7, 11) is 1.55. The van der Waals surface area contributed by atoms with E-state index in [4.69, 9.17) is 0 Å². The molecule has 6 nitrogen and oxygen atoms in total. The number of pyridine rings is 1. The number of nitrogens with one attached hydrogen (secondary N) is 1. The molecule has 0 fully saturated rings. The zero-order valence-electron chi connectivity index (χ0n) is 17.1. The Bertz CT molecular complexity index is 1330. The van der Waals surface area contributed by atoms with E-state index in [1.165, 1.54) is 23.0 Å². The number of hydrogen-bond acceptors (Lipinski definition) is 4. The summed E-state index contributed by atoms with van der Waals surface area (Å²) in [5.41, 5.74) is -0.922. The monoisotopic (exact) mass is 456 g/mol. The molecule has 0 aliphatic carbocycles.